The summed E-state index contributed by atoms with van der Waals surface area (Å²) in [7, 11) is 0. The van der Waals surface area contributed by atoms with Gasteiger partial charge in [0.1, 0.15) is 5.15 Å². The van der Waals surface area contributed by atoms with E-state index in [1.165, 1.54) is 25.7 Å². The number of hydrogen-bond acceptors (Lipinski definition) is 2. The van der Waals surface area contributed by atoms with Crippen LogP contribution in [0.5, 0.6) is 0 Å². The van der Waals surface area contributed by atoms with Gasteiger partial charge in [-0.15, -0.1) is 0 Å². The van der Waals surface area contributed by atoms with E-state index in [2.05, 4.69) is 10.3 Å². The maximum atomic E-state index is 12.2. The van der Waals surface area contributed by atoms with Gasteiger partial charge >= 0.3 is 0 Å². The van der Waals surface area contributed by atoms with Gasteiger partial charge in [-0.3, -0.25) is 4.79 Å². The van der Waals surface area contributed by atoms with E-state index in [0.29, 0.717) is 23.2 Å². The number of aryl methyl sites for hydroxylation is 1. The fraction of sp³-hybridized carbons (Fsp3) is 0.600. The van der Waals surface area contributed by atoms with Gasteiger partial charge < -0.3 is 5.32 Å². The standard InChI is InChI=1S/C15H20Cl2N2O/c1-10-8-12(16)18-15(17)14(10)19-13(20)9-11-6-4-2-3-5-7-11/h8,11H,2-7,9H2,1H3,(H,19,20). The molecule has 1 fully saturated rings. The number of rotatable bonds is 3. The number of carbonyl (C=O) groups is 1. The molecule has 0 atom stereocenters. The molecule has 0 unspecified atom stereocenters. The Morgan fingerprint density at radius 2 is 1.95 bits per heavy atom. The number of amides is 1. The average molecular weight is 315 g/mol. The molecule has 0 aromatic carbocycles. The second-order valence-corrected chi connectivity index (χ2v) is 6.28. The molecular weight excluding hydrogens is 295 g/mol. The first kappa shape index (κ1) is 15.6. The highest BCUT2D eigenvalue weighted by Crippen LogP contribution is 2.29. The lowest BCUT2D eigenvalue weighted by Crippen LogP contribution is -2.17. The van der Waals surface area contributed by atoms with Crippen LogP contribution in [0.15, 0.2) is 6.07 Å². The van der Waals surface area contributed by atoms with E-state index in [1.807, 2.05) is 6.92 Å². The van der Waals surface area contributed by atoms with E-state index < -0.39 is 0 Å². The second-order valence-electron chi connectivity index (χ2n) is 5.54. The molecule has 5 heteroatoms. The van der Waals surface area contributed by atoms with Crippen molar-refractivity contribution in [3.8, 4) is 0 Å². The van der Waals surface area contributed by atoms with Crippen LogP contribution in [0.4, 0.5) is 5.69 Å². The number of nitrogens with zero attached hydrogens (tertiary/aromatic N) is 1. The molecule has 1 aromatic rings. The number of aromatic nitrogens is 1. The van der Waals surface area contributed by atoms with Crippen LogP contribution in [0.3, 0.4) is 0 Å². The number of pyridine rings is 1. The lowest BCUT2D eigenvalue weighted by molar-refractivity contribution is -0.117. The molecule has 20 heavy (non-hydrogen) atoms. The zero-order valence-electron chi connectivity index (χ0n) is 11.7. The molecule has 1 aromatic heterocycles. The normalized spacial score (nSPS) is 16.8. The molecule has 1 amide bonds. The van der Waals surface area contributed by atoms with Crippen molar-refractivity contribution in [1.29, 1.82) is 0 Å². The van der Waals surface area contributed by atoms with Gasteiger partial charge in [-0.2, -0.15) is 0 Å². The molecule has 0 radical (unpaired) electrons. The van der Waals surface area contributed by atoms with Gasteiger partial charge in [-0.25, -0.2) is 4.98 Å². The molecule has 110 valence electrons. The fourth-order valence-corrected chi connectivity index (χ4v) is 3.35. The Morgan fingerprint density at radius 1 is 1.30 bits per heavy atom. The SMILES string of the molecule is Cc1cc(Cl)nc(Cl)c1NC(=O)CC1CCCCCC1. The summed E-state index contributed by atoms with van der Waals surface area (Å²) in [5.41, 5.74) is 1.42. The van der Waals surface area contributed by atoms with Crippen LogP contribution >= 0.6 is 23.2 Å². The Labute approximate surface area is 130 Å². The van der Waals surface area contributed by atoms with Gasteiger partial charge in [-0.05, 0) is 37.3 Å². The molecule has 3 nitrogen and oxygen atoms in total. The minimum absolute atomic E-state index is 0.0195. The van der Waals surface area contributed by atoms with Crippen LogP contribution in [-0.4, -0.2) is 10.9 Å². The number of halogens is 2. The average Bonchev–Trinajstić information content (AvgIpc) is 2.62. The molecule has 1 saturated carbocycles. The third kappa shape index (κ3) is 4.35. The van der Waals surface area contributed by atoms with Crippen LogP contribution in [0.25, 0.3) is 0 Å². The Hall–Kier alpha value is -0.800. The van der Waals surface area contributed by atoms with E-state index in [1.54, 1.807) is 6.07 Å². The monoisotopic (exact) mass is 314 g/mol. The number of hydrogen-bond donors (Lipinski definition) is 1. The quantitative estimate of drug-likeness (QED) is 0.630. The van der Waals surface area contributed by atoms with Crippen molar-refractivity contribution < 1.29 is 4.79 Å². The highest BCUT2D eigenvalue weighted by atomic mass is 35.5. The highest BCUT2D eigenvalue weighted by Gasteiger charge is 2.18. The van der Waals surface area contributed by atoms with Crippen LogP contribution in [0.2, 0.25) is 10.3 Å². The van der Waals surface area contributed by atoms with Crippen molar-refractivity contribution in [3.05, 3.63) is 21.9 Å². The number of nitrogens with one attached hydrogen (secondary N) is 1. The van der Waals surface area contributed by atoms with Crippen molar-refractivity contribution >= 4 is 34.8 Å². The predicted octanol–water partition coefficient (Wildman–Crippen LogP) is 5.00. The molecule has 0 aliphatic heterocycles. The molecule has 1 aliphatic carbocycles. The molecule has 0 spiro atoms. The van der Waals surface area contributed by atoms with Gasteiger partial charge in [0.05, 0.1) is 5.69 Å². The van der Waals surface area contributed by atoms with Crippen LogP contribution in [-0.2, 0) is 4.79 Å². The van der Waals surface area contributed by atoms with Gasteiger partial charge in [0.25, 0.3) is 0 Å². The molecule has 1 N–H and O–H groups in total. The Morgan fingerprint density at radius 3 is 2.55 bits per heavy atom. The lowest BCUT2D eigenvalue weighted by Gasteiger charge is -2.15. The summed E-state index contributed by atoms with van der Waals surface area (Å²) < 4.78 is 0. The summed E-state index contributed by atoms with van der Waals surface area (Å²) in [6, 6.07) is 1.70. The van der Waals surface area contributed by atoms with Crippen molar-refractivity contribution in [3.63, 3.8) is 0 Å². The minimum Gasteiger partial charge on any atom is -0.323 e. The molecule has 2 rings (SSSR count). The summed E-state index contributed by atoms with van der Waals surface area (Å²) in [6.07, 6.45) is 7.94. The van der Waals surface area contributed by atoms with Crippen molar-refractivity contribution in [2.75, 3.05) is 5.32 Å². The molecule has 1 aliphatic rings. The topological polar surface area (TPSA) is 42.0 Å². The van der Waals surface area contributed by atoms with Crippen molar-refractivity contribution in [1.82, 2.24) is 4.98 Å². The summed E-state index contributed by atoms with van der Waals surface area (Å²) >= 11 is 11.9. The summed E-state index contributed by atoms with van der Waals surface area (Å²) in [4.78, 5) is 16.1. The molecule has 1 heterocycles. The first-order chi connectivity index (χ1) is 9.56. The van der Waals surface area contributed by atoms with E-state index in [4.69, 9.17) is 23.2 Å². The Balaban J connectivity index is 1.97. The zero-order valence-corrected chi connectivity index (χ0v) is 13.2. The summed E-state index contributed by atoms with van der Waals surface area (Å²) in [5, 5.41) is 3.48. The van der Waals surface area contributed by atoms with Gasteiger partial charge in [-0.1, -0.05) is 48.9 Å². The Kier molecular flexibility index (Phi) is 5.67. The highest BCUT2D eigenvalue weighted by molar-refractivity contribution is 6.34. The van der Waals surface area contributed by atoms with E-state index in [9.17, 15) is 4.79 Å². The van der Waals surface area contributed by atoms with Crippen LogP contribution < -0.4 is 5.32 Å². The molecule has 0 bridgehead atoms. The molecule has 0 saturated heterocycles. The predicted molar refractivity (Wildman–Crippen MR) is 83.4 cm³/mol. The maximum Gasteiger partial charge on any atom is 0.224 e. The van der Waals surface area contributed by atoms with E-state index in [0.717, 1.165) is 18.4 Å². The largest absolute Gasteiger partial charge is 0.323 e. The maximum absolute atomic E-state index is 12.2. The van der Waals surface area contributed by atoms with E-state index in [-0.39, 0.29) is 11.1 Å². The minimum atomic E-state index is 0.0195. The summed E-state index contributed by atoms with van der Waals surface area (Å²) in [5.74, 6) is 0.517. The zero-order chi connectivity index (χ0) is 14.5. The molecular formula is C15H20Cl2N2O. The van der Waals surface area contributed by atoms with Crippen LogP contribution in [0.1, 0.15) is 50.5 Å². The second kappa shape index (κ2) is 7.28. The van der Waals surface area contributed by atoms with Gasteiger partial charge in [0.15, 0.2) is 5.15 Å². The lowest BCUT2D eigenvalue weighted by atomic mass is 9.96. The van der Waals surface area contributed by atoms with Gasteiger partial charge in [0, 0.05) is 6.42 Å². The smallest absolute Gasteiger partial charge is 0.224 e. The first-order valence-electron chi connectivity index (χ1n) is 7.18. The van der Waals surface area contributed by atoms with Crippen LogP contribution in [0, 0.1) is 12.8 Å². The van der Waals surface area contributed by atoms with Crippen molar-refractivity contribution in [2.24, 2.45) is 5.92 Å². The third-order valence-electron chi connectivity index (χ3n) is 3.85. The van der Waals surface area contributed by atoms with Gasteiger partial charge in [0.2, 0.25) is 5.91 Å². The van der Waals surface area contributed by atoms with E-state index >= 15 is 0 Å². The van der Waals surface area contributed by atoms with Crippen molar-refractivity contribution in [2.45, 2.75) is 51.9 Å². The summed E-state index contributed by atoms with van der Waals surface area (Å²) in [6.45, 7) is 1.86. The number of carbonyl (C=O) groups excluding carboxylic acids is 1. The Bertz CT molecular complexity index is 460. The first-order valence-corrected chi connectivity index (χ1v) is 7.94. The fourth-order valence-electron chi connectivity index (χ4n) is 2.77. The number of anilines is 1. The third-order valence-corrected chi connectivity index (χ3v) is 4.32.